The molecule has 1 rings (SSSR count). The van der Waals surface area contributed by atoms with Crippen LogP contribution in [0.3, 0.4) is 0 Å². The van der Waals surface area contributed by atoms with Crippen molar-refractivity contribution in [3.63, 3.8) is 0 Å². The quantitative estimate of drug-likeness (QED) is 0.646. The van der Waals surface area contributed by atoms with E-state index >= 15 is 0 Å². The van der Waals surface area contributed by atoms with Gasteiger partial charge >= 0.3 is 0 Å². The lowest BCUT2D eigenvalue weighted by molar-refractivity contribution is -0.123. The smallest absolute Gasteiger partial charge is 0.221 e. The standard InChI is InChI=1S/C14H27N3O2/c1-3-11(2)17-12(18)6-9-16-13(19)10-14(15)7-4-5-8-14/h11H,3-10,15H2,1-2H3,(H,16,19)(H,17,18). The normalized spacial score (nSPS) is 18.9. The molecule has 1 aliphatic carbocycles. The number of carbonyl (C=O) groups excluding carboxylic acids is 2. The Morgan fingerprint density at radius 1 is 1.26 bits per heavy atom. The average molecular weight is 269 g/mol. The van der Waals surface area contributed by atoms with Gasteiger partial charge in [0.05, 0.1) is 0 Å². The molecule has 19 heavy (non-hydrogen) atoms. The molecule has 1 aliphatic rings. The molecule has 1 fully saturated rings. The number of nitrogens with two attached hydrogens (primary N) is 1. The maximum Gasteiger partial charge on any atom is 0.221 e. The topological polar surface area (TPSA) is 84.2 Å². The molecular weight excluding hydrogens is 242 g/mol. The predicted octanol–water partition coefficient (Wildman–Crippen LogP) is 1.07. The summed E-state index contributed by atoms with van der Waals surface area (Å²) in [5.74, 6) is -0.0567. The molecule has 0 aliphatic heterocycles. The van der Waals surface area contributed by atoms with Crippen LogP contribution in [0.25, 0.3) is 0 Å². The van der Waals surface area contributed by atoms with Gasteiger partial charge in [-0.15, -0.1) is 0 Å². The molecule has 1 saturated carbocycles. The average Bonchev–Trinajstić information content (AvgIpc) is 2.75. The molecule has 5 heteroatoms. The van der Waals surface area contributed by atoms with Crippen LogP contribution in [0.5, 0.6) is 0 Å². The second-order valence-electron chi connectivity index (χ2n) is 5.72. The maximum absolute atomic E-state index is 11.7. The van der Waals surface area contributed by atoms with E-state index < -0.39 is 0 Å². The van der Waals surface area contributed by atoms with Crippen molar-refractivity contribution in [1.82, 2.24) is 10.6 Å². The molecule has 0 heterocycles. The first-order chi connectivity index (χ1) is 8.95. The van der Waals surface area contributed by atoms with Crippen molar-refractivity contribution in [2.24, 2.45) is 5.73 Å². The van der Waals surface area contributed by atoms with Crippen LogP contribution in [-0.2, 0) is 9.59 Å². The van der Waals surface area contributed by atoms with Gasteiger partial charge < -0.3 is 16.4 Å². The van der Waals surface area contributed by atoms with Crippen molar-refractivity contribution < 1.29 is 9.59 Å². The van der Waals surface area contributed by atoms with Crippen molar-refractivity contribution >= 4 is 11.8 Å². The molecule has 0 saturated heterocycles. The zero-order valence-corrected chi connectivity index (χ0v) is 12.1. The molecule has 2 amide bonds. The van der Waals surface area contributed by atoms with Gasteiger partial charge in [-0.3, -0.25) is 9.59 Å². The van der Waals surface area contributed by atoms with E-state index in [-0.39, 0.29) is 23.4 Å². The van der Waals surface area contributed by atoms with E-state index in [1.165, 1.54) is 0 Å². The van der Waals surface area contributed by atoms with Crippen molar-refractivity contribution in [2.75, 3.05) is 6.54 Å². The van der Waals surface area contributed by atoms with Crippen LogP contribution in [-0.4, -0.2) is 29.9 Å². The fraction of sp³-hybridized carbons (Fsp3) is 0.857. The highest BCUT2D eigenvalue weighted by atomic mass is 16.2. The van der Waals surface area contributed by atoms with Gasteiger partial charge in [-0.05, 0) is 26.2 Å². The van der Waals surface area contributed by atoms with Crippen molar-refractivity contribution in [1.29, 1.82) is 0 Å². The minimum absolute atomic E-state index is 0.0158. The summed E-state index contributed by atoms with van der Waals surface area (Å²) in [6, 6.07) is 0.189. The van der Waals surface area contributed by atoms with Crippen molar-refractivity contribution in [3.8, 4) is 0 Å². The van der Waals surface area contributed by atoms with E-state index in [2.05, 4.69) is 10.6 Å². The van der Waals surface area contributed by atoms with Crippen LogP contribution in [0.15, 0.2) is 0 Å². The number of carbonyl (C=O) groups is 2. The summed E-state index contributed by atoms with van der Waals surface area (Å²) < 4.78 is 0. The number of rotatable bonds is 7. The lowest BCUT2D eigenvalue weighted by Gasteiger charge is -2.22. The Labute approximate surface area is 115 Å². The summed E-state index contributed by atoms with van der Waals surface area (Å²) >= 11 is 0. The summed E-state index contributed by atoms with van der Waals surface area (Å²) in [6.45, 7) is 4.38. The molecule has 0 aromatic rings. The molecule has 0 bridgehead atoms. The number of hydrogen-bond donors (Lipinski definition) is 3. The monoisotopic (exact) mass is 269 g/mol. The molecule has 0 aromatic carbocycles. The summed E-state index contributed by atoms with van der Waals surface area (Å²) in [5, 5.41) is 5.65. The van der Waals surface area contributed by atoms with Gasteiger partial charge in [0.25, 0.3) is 0 Å². The number of amides is 2. The van der Waals surface area contributed by atoms with Crippen LogP contribution in [0.2, 0.25) is 0 Å². The Morgan fingerprint density at radius 3 is 2.47 bits per heavy atom. The molecule has 5 nitrogen and oxygen atoms in total. The summed E-state index contributed by atoms with van der Waals surface area (Å²) in [4.78, 5) is 23.3. The summed E-state index contributed by atoms with van der Waals surface area (Å²) in [6.07, 6.45) is 5.69. The Hall–Kier alpha value is -1.10. The third-order valence-electron chi connectivity index (χ3n) is 3.81. The van der Waals surface area contributed by atoms with Gasteiger partial charge in [0.2, 0.25) is 11.8 Å². The minimum atomic E-state index is -0.316. The SMILES string of the molecule is CCC(C)NC(=O)CCNC(=O)CC1(N)CCCC1. The van der Waals surface area contributed by atoms with E-state index in [0.29, 0.717) is 19.4 Å². The first-order valence-electron chi connectivity index (χ1n) is 7.30. The second-order valence-corrected chi connectivity index (χ2v) is 5.72. The summed E-state index contributed by atoms with van der Waals surface area (Å²) in [7, 11) is 0. The molecule has 1 unspecified atom stereocenters. The fourth-order valence-corrected chi connectivity index (χ4v) is 2.40. The van der Waals surface area contributed by atoms with Gasteiger partial charge in [-0.25, -0.2) is 0 Å². The third kappa shape index (κ3) is 6.05. The number of hydrogen-bond acceptors (Lipinski definition) is 3. The van der Waals surface area contributed by atoms with Gasteiger partial charge in [0.1, 0.15) is 0 Å². The van der Waals surface area contributed by atoms with Crippen molar-refractivity contribution in [3.05, 3.63) is 0 Å². The lowest BCUT2D eigenvalue weighted by Crippen LogP contribution is -2.43. The van der Waals surface area contributed by atoms with Crippen LogP contribution in [0.1, 0.15) is 58.8 Å². The maximum atomic E-state index is 11.7. The van der Waals surface area contributed by atoms with Crippen molar-refractivity contribution in [2.45, 2.75) is 70.4 Å². The predicted molar refractivity (Wildman–Crippen MR) is 75.5 cm³/mol. The van der Waals surface area contributed by atoms with Crippen LogP contribution in [0.4, 0.5) is 0 Å². The van der Waals surface area contributed by atoms with Crippen LogP contribution < -0.4 is 16.4 Å². The first-order valence-corrected chi connectivity index (χ1v) is 7.30. The Balaban J connectivity index is 2.15. The first kappa shape index (κ1) is 16.0. The molecule has 110 valence electrons. The zero-order valence-electron chi connectivity index (χ0n) is 12.1. The van der Waals surface area contributed by atoms with E-state index in [0.717, 1.165) is 32.1 Å². The van der Waals surface area contributed by atoms with E-state index in [9.17, 15) is 9.59 Å². The molecule has 1 atom stereocenters. The third-order valence-corrected chi connectivity index (χ3v) is 3.81. The Bertz CT molecular complexity index is 312. The van der Waals surface area contributed by atoms with E-state index in [1.807, 2.05) is 13.8 Å². The van der Waals surface area contributed by atoms with Gasteiger partial charge in [-0.2, -0.15) is 0 Å². The van der Waals surface area contributed by atoms with E-state index in [1.54, 1.807) is 0 Å². The molecule has 4 N–H and O–H groups in total. The van der Waals surface area contributed by atoms with Crippen LogP contribution in [0, 0.1) is 0 Å². The zero-order chi connectivity index (χ0) is 14.3. The highest BCUT2D eigenvalue weighted by Gasteiger charge is 2.31. The Morgan fingerprint density at radius 2 is 1.89 bits per heavy atom. The minimum Gasteiger partial charge on any atom is -0.356 e. The van der Waals surface area contributed by atoms with E-state index in [4.69, 9.17) is 5.73 Å². The lowest BCUT2D eigenvalue weighted by atomic mass is 9.94. The fourth-order valence-electron chi connectivity index (χ4n) is 2.40. The Kier molecular flexibility index (Phi) is 6.28. The number of nitrogens with one attached hydrogen (secondary N) is 2. The van der Waals surface area contributed by atoms with Gasteiger partial charge in [-0.1, -0.05) is 19.8 Å². The van der Waals surface area contributed by atoms with Gasteiger partial charge in [0.15, 0.2) is 0 Å². The highest BCUT2D eigenvalue weighted by molar-refractivity contribution is 5.79. The van der Waals surface area contributed by atoms with Gasteiger partial charge in [0, 0.05) is 31.0 Å². The molecule has 0 radical (unpaired) electrons. The molecule has 0 spiro atoms. The second kappa shape index (κ2) is 7.48. The van der Waals surface area contributed by atoms with Crippen LogP contribution >= 0.6 is 0 Å². The molecular formula is C14H27N3O2. The summed E-state index contributed by atoms with van der Waals surface area (Å²) in [5.41, 5.74) is 5.82. The largest absolute Gasteiger partial charge is 0.356 e. The highest BCUT2D eigenvalue weighted by Crippen LogP contribution is 2.29. The molecule has 0 aromatic heterocycles.